The van der Waals surface area contributed by atoms with E-state index in [0.29, 0.717) is 31.1 Å². The van der Waals surface area contributed by atoms with Crippen molar-refractivity contribution in [3.8, 4) is 5.75 Å². The highest BCUT2D eigenvalue weighted by Crippen LogP contribution is 2.36. The molecule has 0 spiro atoms. The fourth-order valence-corrected chi connectivity index (χ4v) is 4.88. The van der Waals surface area contributed by atoms with E-state index >= 15 is 4.39 Å². The van der Waals surface area contributed by atoms with E-state index in [2.05, 4.69) is 15.3 Å². The highest BCUT2D eigenvalue weighted by molar-refractivity contribution is 5.83. The number of methoxy groups -OCH3 is 1. The zero-order valence-corrected chi connectivity index (χ0v) is 22.4. The van der Waals surface area contributed by atoms with Gasteiger partial charge in [-0.1, -0.05) is 6.07 Å². The highest BCUT2D eigenvalue weighted by Gasteiger charge is 2.42. The number of nitrogens with one attached hydrogen (secondary N) is 1. The number of fused-ring (bicyclic) bond motifs is 1. The first-order valence-electron chi connectivity index (χ1n) is 13.0. The van der Waals surface area contributed by atoms with Gasteiger partial charge < -0.3 is 33.6 Å². The normalized spacial score (nSPS) is 16.8. The number of carbonyl (C=O) groups is 2. The number of carboxylic acids is 1. The van der Waals surface area contributed by atoms with Crippen molar-refractivity contribution in [1.29, 1.82) is 0 Å². The summed E-state index contributed by atoms with van der Waals surface area (Å²) in [6, 6.07) is 6.14. The molecule has 0 saturated carbocycles. The van der Waals surface area contributed by atoms with E-state index in [0.717, 1.165) is 0 Å². The molecule has 2 aromatic heterocycles. The van der Waals surface area contributed by atoms with E-state index in [1.807, 2.05) is 6.92 Å². The average Bonchev–Trinajstić information content (AvgIpc) is 3.68. The van der Waals surface area contributed by atoms with Crippen LogP contribution in [0, 0.1) is 11.6 Å². The Morgan fingerprint density at radius 1 is 1.22 bits per heavy atom. The molecule has 13 heteroatoms. The van der Waals surface area contributed by atoms with Gasteiger partial charge in [0.05, 0.1) is 37.9 Å². The van der Waals surface area contributed by atoms with Gasteiger partial charge in [-0.3, -0.25) is 9.59 Å². The van der Waals surface area contributed by atoms with Crippen LogP contribution in [0.15, 0.2) is 45.4 Å². The van der Waals surface area contributed by atoms with Gasteiger partial charge in [-0.15, -0.1) is 0 Å². The van der Waals surface area contributed by atoms with Gasteiger partial charge in [-0.05, 0) is 31.5 Å². The summed E-state index contributed by atoms with van der Waals surface area (Å²) in [5.74, 6) is -1.62. The van der Waals surface area contributed by atoms with Crippen LogP contribution in [0.2, 0.25) is 0 Å². The van der Waals surface area contributed by atoms with Gasteiger partial charge in [0.25, 0.3) is 6.01 Å². The summed E-state index contributed by atoms with van der Waals surface area (Å²) in [6.07, 6.45) is 1.36. The summed E-state index contributed by atoms with van der Waals surface area (Å²) in [6.45, 7) is 2.59. The van der Waals surface area contributed by atoms with E-state index in [1.165, 1.54) is 43.6 Å². The van der Waals surface area contributed by atoms with Crippen molar-refractivity contribution in [3.63, 3.8) is 0 Å². The second-order valence-electron chi connectivity index (χ2n) is 9.43. The molecule has 2 aromatic carbocycles. The van der Waals surface area contributed by atoms with Gasteiger partial charge in [0.2, 0.25) is 11.8 Å². The van der Waals surface area contributed by atoms with Crippen molar-refractivity contribution in [1.82, 2.24) is 14.9 Å². The van der Waals surface area contributed by atoms with E-state index in [4.69, 9.17) is 23.4 Å². The summed E-state index contributed by atoms with van der Waals surface area (Å²) in [4.78, 5) is 34.4. The number of likely N-dealkylation sites (tertiary alicyclic amines) is 1. The summed E-state index contributed by atoms with van der Waals surface area (Å²) >= 11 is 0. The van der Waals surface area contributed by atoms with Gasteiger partial charge in [0, 0.05) is 31.2 Å². The number of hydrogen-bond acceptors (Lipinski definition) is 9. The van der Waals surface area contributed by atoms with Crippen LogP contribution in [-0.2, 0) is 27.2 Å². The van der Waals surface area contributed by atoms with Crippen LogP contribution in [0.1, 0.15) is 43.0 Å². The number of halogens is 2. The van der Waals surface area contributed by atoms with Crippen molar-refractivity contribution < 1.29 is 41.8 Å². The Morgan fingerprint density at radius 2 is 2.05 bits per heavy atom. The molecule has 1 saturated heterocycles. The number of ether oxygens (including phenoxy) is 2. The maximum Gasteiger partial charge on any atom is 0.303 e. The first kappa shape index (κ1) is 28.0. The molecule has 1 fully saturated rings. The molecule has 4 aromatic rings. The lowest BCUT2D eigenvalue weighted by molar-refractivity contribution is -0.137. The fraction of sp³-hybridized carbons (Fsp3) is 0.357. The Balaban J connectivity index is 1.36. The van der Waals surface area contributed by atoms with Crippen molar-refractivity contribution in [2.24, 2.45) is 0 Å². The molecule has 1 amide bonds. The monoisotopic (exact) mass is 570 g/mol. The molecule has 3 heterocycles. The third-order valence-electron chi connectivity index (χ3n) is 6.78. The summed E-state index contributed by atoms with van der Waals surface area (Å²) in [7, 11) is 1.43. The number of hydrogen-bond donors (Lipinski definition) is 2. The van der Waals surface area contributed by atoms with Crippen LogP contribution in [0.3, 0.4) is 0 Å². The predicted octanol–water partition coefficient (Wildman–Crippen LogP) is 4.78. The lowest BCUT2D eigenvalue weighted by atomic mass is 10.1. The molecular formula is C28H28F2N4O7. The quantitative estimate of drug-likeness (QED) is 0.259. The van der Waals surface area contributed by atoms with Crippen molar-refractivity contribution in [2.75, 3.05) is 25.6 Å². The van der Waals surface area contributed by atoms with Crippen LogP contribution < -0.4 is 10.1 Å². The predicted molar refractivity (Wildman–Crippen MR) is 141 cm³/mol. The number of carbonyl (C=O) groups excluding carboxylic acids is 1. The topological polar surface area (TPSA) is 140 Å². The molecule has 0 radical (unpaired) electrons. The van der Waals surface area contributed by atoms with E-state index < -0.39 is 23.6 Å². The van der Waals surface area contributed by atoms with Crippen LogP contribution in [0.25, 0.3) is 11.1 Å². The van der Waals surface area contributed by atoms with Crippen molar-refractivity contribution in [2.45, 2.75) is 44.8 Å². The van der Waals surface area contributed by atoms with Gasteiger partial charge in [-0.2, -0.15) is 4.98 Å². The zero-order chi connectivity index (χ0) is 29.1. The molecule has 41 heavy (non-hydrogen) atoms. The summed E-state index contributed by atoms with van der Waals surface area (Å²) in [5, 5.41) is 11.7. The molecule has 1 aliphatic heterocycles. The Hall–Kier alpha value is -4.52. The number of carboxylic acid groups (broad SMARTS) is 1. The maximum atomic E-state index is 15.5. The minimum absolute atomic E-state index is 0.0759. The summed E-state index contributed by atoms with van der Waals surface area (Å²) < 4.78 is 51.7. The largest absolute Gasteiger partial charge is 0.495 e. The number of aliphatic carboxylic acids is 1. The number of amides is 1. The zero-order valence-electron chi connectivity index (χ0n) is 22.4. The minimum Gasteiger partial charge on any atom is -0.495 e. The van der Waals surface area contributed by atoms with E-state index in [1.54, 1.807) is 4.90 Å². The average molecular weight is 571 g/mol. The Kier molecular flexibility index (Phi) is 8.15. The van der Waals surface area contributed by atoms with Crippen molar-refractivity contribution >= 4 is 34.7 Å². The SMILES string of the molecule is CCO[C@H]1CCN(C(=O)Cc2ccc3nc(Nc4cc(F)ccc4OC)oc3c2F)[C@@H]1c1ncc(CCC(=O)O)o1. The second kappa shape index (κ2) is 11.9. The third-order valence-corrected chi connectivity index (χ3v) is 6.78. The molecule has 0 bridgehead atoms. The van der Waals surface area contributed by atoms with Gasteiger partial charge in [0.15, 0.2) is 11.4 Å². The highest BCUT2D eigenvalue weighted by atomic mass is 19.1. The molecule has 0 unspecified atom stereocenters. The smallest absolute Gasteiger partial charge is 0.303 e. The molecule has 216 valence electrons. The molecule has 11 nitrogen and oxygen atoms in total. The summed E-state index contributed by atoms with van der Waals surface area (Å²) in [5.41, 5.74) is 0.396. The first-order valence-corrected chi connectivity index (χ1v) is 13.0. The third kappa shape index (κ3) is 5.99. The fourth-order valence-electron chi connectivity index (χ4n) is 4.88. The number of rotatable bonds is 11. The molecule has 2 N–H and O–H groups in total. The van der Waals surface area contributed by atoms with Crippen LogP contribution in [0.4, 0.5) is 20.5 Å². The number of anilines is 2. The van der Waals surface area contributed by atoms with Crippen molar-refractivity contribution in [3.05, 3.63) is 65.4 Å². The lowest BCUT2D eigenvalue weighted by Crippen LogP contribution is -2.35. The molecule has 5 rings (SSSR count). The lowest BCUT2D eigenvalue weighted by Gasteiger charge is -2.25. The Morgan fingerprint density at radius 3 is 2.80 bits per heavy atom. The van der Waals surface area contributed by atoms with Gasteiger partial charge in [-0.25, -0.2) is 13.8 Å². The number of nitrogens with zero attached hydrogens (tertiary/aromatic N) is 3. The second-order valence-corrected chi connectivity index (χ2v) is 9.43. The van der Waals surface area contributed by atoms with E-state index in [9.17, 15) is 14.0 Å². The number of aromatic nitrogens is 2. The number of benzene rings is 2. The van der Waals surface area contributed by atoms with Crippen LogP contribution in [-0.4, -0.2) is 58.2 Å². The van der Waals surface area contributed by atoms with E-state index in [-0.39, 0.29) is 65.5 Å². The molecule has 0 aliphatic carbocycles. The van der Waals surface area contributed by atoms with Crippen LogP contribution >= 0.6 is 0 Å². The molecule has 1 aliphatic rings. The van der Waals surface area contributed by atoms with Gasteiger partial charge >= 0.3 is 5.97 Å². The first-order chi connectivity index (χ1) is 19.8. The Bertz CT molecular complexity index is 1570. The van der Waals surface area contributed by atoms with Crippen LogP contribution in [0.5, 0.6) is 5.75 Å². The number of aryl methyl sites for hydroxylation is 1. The minimum atomic E-state index is -0.963. The standard InChI is InChI=1S/C28H28F2N4O7/c1-3-39-21-10-11-34(25(21)27-31-14-17(40-27)6-9-23(36)37)22(35)12-15-4-7-18-26(24(15)30)41-28(32-18)33-19-13-16(29)5-8-20(19)38-2/h4-5,7-8,13-14,21,25H,3,6,9-12H2,1-2H3,(H,32,33)(H,36,37)/t21-,25-/m0/s1. The molecular weight excluding hydrogens is 542 g/mol. The van der Waals surface area contributed by atoms with Gasteiger partial charge in [0.1, 0.15) is 28.9 Å². The maximum absolute atomic E-state index is 15.5. The number of oxazole rings is 2. The molecule has 2 atom stereocenters. The Labute approximate surface area is 233 Å².